The number of ether oxygens (including phenoxy) is 1. The summed E-state index contributed by atoms with van der Waals surface area (Å²) >= 11 is 0. The average molecular weight is 417 g/mol. The van der Waals surface area contributed by atoms with Crippen LogP contribution in [0.25, 0.3) is 11.0 Å². The molecule has 3 heterocycles. The molecule has 6 nitrogen and oxygen atoms in total. The molecule has 2 aliphatic rings. The molecular weight excluding hydrogens is 380 g/mol. The number of nitrogens with one attached hydrogen (secondary N) is 1. The highest BCUT2D eigenvalue weighted by Crippen LogP contribution is 2.42. The number of H-pyrrole nitrogens is 1. The minimum atomic E-state index is -1.14. The molecule has 7 heteroatoms. The number of piperidine rings is 1. The third-order valence-corrected chi connectivity index (χ3v) is 7.94. The number of hydrogen-bond acceptors (Lipinski definition) is 4. The smallest absolute Gasteiger partial charge is 0.274 e. The Morgan fingerprint density at radius 1 is 1.28 bits per heavy atom. The van der Waals surface area contributed by atoms with E-state index in [0.717, 1.165) is 49.5 Å². The summed E-state index contributed by atoms with van der Waals surface area (Å²) in [5.74, 6) is 2.24. The van der Waals surface area contributed by atoms with E-state index >= 15 is 0 Å². The van der Waals surface area contributed by atoms with E-state index in [1.165, 1.54) is 31.2 Å². The Morgan fingerprint density at radius 3 is 2.76 bits per heavy atom. The van der Waals surface area contributed by atoms with Crippen LogP contribution in [-0.4, -0.2) is 47.2 Å². The molecule has 0 aromatic carbocycles. The van der Waals surface area contributed by atoms with E-state index in [4.69, 9.17) is 9.72 Å². The van der Waals surface area contributed by atoms with Crippen molar-refractivity contribution < 1.29 is 4.74 Å². The van der Waals surface area contributed by atoms with E-state index in [2.05, 4.69) is 36.4 Å². The van der Waals surface area contributed by atoms with Gasteiger partial charge in [-0.2, -0.15) is 0 Å². The van der Waals surface area contributed by atoms with E-state index in [0.29, 0.717) is 18.2 Å². The molecule has 2 aromatic heterocycles. The zero-order valence-electron chi connectivity index (χ0n) is 18.5. The number of hydrogen-bond donors (Lipinski definition) is 1. The number of imidazole rings is 1. The van der Waals surface area contributed by atoms with Gasteiger partial charge in [-0.3, -0.25) is 14.3 Å². The molecule has 2 aromatic rings. The molecule has 0 amide bonds. The summed E-state index contributed by atoms with van der Waals surface area (Å²) in [5.41, 5.74) is 2.74. The Bertz CT molecular complexity index is 910. The van der Waals surface area contributed by atoms with E-state index in [1.54, 1.807) is 0 Å². The Balaban J connectivity index is 1.63. The fourth-order valence-corrected chi connectivity index (χ4v) is 5.10. The minimum Gasteiger partial charge on any atom is -0.361 e. The number of nitrogens with zero attached hydrogens (tertiary/aromatic N) is 3. The third kappa shape index (κ3) is 5.01. The first-order valence-corrected chi connectivity index (χ1v) is 14.9. The summed E-state index contributed by atoms with van der Waals surface area (Å²) < 4.78 is 8.12. The first-order chi connectivity index (χ1) is 13.8. The Morgan fingerprint density at radius 2 is 2.07 bits per heavy atom. The topological polar surface area (TPSA) is 63.2 Å². The first-order valence-electron chi connectivity index (χ1n) is 11.2. The maximum Gasteiger partial charge on any atom is 0.274 e. The number of fused-ring (bicyclic) bond motifs is 1. The summed E-state index contributed by atoms with van der Waals surface area (Å²) in [4.78, 5) is 23.2. The fraction of sp³-hybridized carbons (Fsp3) is 0.727. The number of pyridine rings is 1. The molecule has 1 saturated carbocycles. The fourth-order valence-electron chi connectivity index (χ4n) is 4.34. The molecule has 0 bridgehead atoms. The average Bonchev–Trinajstić information content (AvgIpc) is 3.41. The van der Waals surface area contributed by atoms with Gasteiger partial charge < -0.3 is 9.72 Å². The van der Waals surface area contributed by atoms with Crippen LogP contribution in [0.1, 0.15) is 49.9 Å². The zero-order chi connectivity index (χ0) is 20.6. The van der Waals surface area contributed by atoms with Gasteiger partial charge in [0.15, 0.2) is 0 Å². The first kappa shape index (κ1) is 20.8. The van der Waals surface area contributed by atoms with Crippen LogP contribution in [0.3, 0.4) is 0 Å². The maximum atomic E-state index is 12.8. The van der Waals surface area contributed by atoms with E-state index in [1.807, 2.05) is 10.8 Å². The molecule has 1 aliphatic carbocycles. The van der Waals surface area contributed by atoms with Crippen molar-refractivity contribution in [2.24, 2.45) is 5.92 Å². The van der Waals surface area contributed by atoms with E-state index in [-0.39, 0.29) is 5.56 Å². The van der Waals surface area contributed by atoms with Gasteiger partial charge in [-0.25, -0.2) is 4.98 Å². The van der Waals surface area contributed by atoms with Gasteiger partial charge >= 0.3 is 0 Å². The second-order valence-corrected chi connectivity index (χ2v) is 16.0. The number of rotatable bonds is 8. The van der Waals surface area contributed by atoms with E-state index < -0.39 is 8.07 Å². The van der Waals surface area contributed by atoms with Crippen molar-refractivity contribution in [2.75, 3.05) is 19.7 Å². The Hall–Kier alpha value is -1.44. The lowest BCUT2D eigenvalue weighted by Gasteiger charge is -2.30. The van der Waals surface area contributed by atoms with Crippen molar-refractivity contribution in [3.63, 3.8) is 0 Å². The van der Waals surface area contributed by atoms with Gasteiger partial charge in [-0.1, -0.05) is 26.6 Å². The van der Waals surface area contributed by atoms with Gasteiger partial charge in [0.05, 0.1) is 12.1 Å². The Labute approximate surface area is 174 Å². The van der Waals surface area contributed by atoms with Crippen molar-refractivity contribution in [1.29, 1.82) is 0 Å². The zero-order valence-corrected chi connectivity index (χ0v) is 19.5. The van der Waals surface area contributed by atoms with Crippen LogP contribution >= 0.6 is 0 Å². The highest BCUT2D eigenvalue weighted by molar-refractivity contribution is 6.76. The molecule has 1 N–H and O–H groups in total. The molecular formula is C22H36N4O2Si. The standard InChI is InChI=1S/C22H36N4O2Si/c1-16-6-5-9-25(13-16)14-19-24-20-18(17-7-8-17)12-23-22(27)21(20)26(19)15-28-10-11-29(2,3)4/h12,16-17H,5-11,13-15H2,1-4H3,(H,23,27). The lowest BCUT2D eigenvalue weighted by Crippen LogP contribution is -2.34. The molecule has 0 spiro atoms. The molecule has 4 rings (SSSR count). The van der Waals surface area contributed by atoms with Gasteiger partial charge in [0.1, 0.15) is 18.1 Å². The van der Waals surface area contributed by atoms with E-state index in [9.17, 15) is 4.79 Å². The highest BCUT2D eigenvalue weighted by Gasteiger charge is 2.29. The van der Waals surface area contributed by atoms with Crippen molar-refractivity contribution in [1.82, 2.24) is 19.4 Å². The summed E-state index contributed by atoms with van der Waals surface area (Å²) in [6.45, 7) is 13.6. The predicted octanol–water partition coefficient (Wildman–Crippen LogP) is 4.15. The second kappa shape index (κ2) is 8.36. The largest absolute Gasteiger partial charge is 0.361 e. The van der Waals surface area contributed by atoms with Gasteiger partial charge in [0, 0.05) is 27.4 Å². The molecule has 1 aliphatic heterocycles. The molecule has 1 unspecified atom stereocenters. The van der Waals surface area contributed by atoms with Crippen molar-refractivity contribution >= 4 is 19.1 Å². The van der Waals surface area contributed by atoms with Crippen LogP contribution in [0.5, 0.6) is 0 Å². The molecule has 1 atom stereocenters. The van der Waals surface area contributed by atoms with Crippen LogP contribution < -0.4 is 5.56 Å². The summed E-state index contributed by atoms with van der Waals surface area (Å²) in [6.07, 6.45) is 6.82. The SMILES string of the molecule is CC1CCCN(Cc2nc3c(C4CC4)c[nH]c(=O)c3n2COCC[Si](C)(C)C)C1. The second-order valence-electron chi connectivity index (χ2n) is 10.3. The molecule has 0 radical (unpaired) electrons. The van der Waals surface area contributed by atoms with Gasteiger partial charge in [-0.05, 0) is 55.7 Å². The molecule has 1 saturated heterocycles. The van der Waals surface area contributed by atoms with Gasteiger partial charge in [0.2, 0.25) is 0 Å². The summed E-state index contributed by atoms with van der Waals surface area (Å²) in [5, 5.41) is 0. The number of aromatic amines is 1. The maximum absolute atomic E-state index is 12.8. The number of likely N-dealkylation sites (tertiary alicyclic amines) is 1. The predicted molar refractivity (Wildman–Crippen MR) is 120 cm³/mol. The van der Waals surface area contributed by atoms with Crippen LogP contribution in [0.2, 0.25) is 25.7 Å². The van der Waals surface area contributed by atoms with Crippen LogP contribution in [0.4, 0.5) is 0 Å². The minimum absolute atomic E-state index is 0.0519. The van der Waals surface area contributed by atoms with Crippen molar-refractivity contribution in [3.05, 3.63) is 27.9 Å². The molecule has 2 fully saturated rings. The third-order valence-electron chi connectivity index (χ3n) is 6.23. The van der Waals surface area contributed by atoms with Gasteiger partial charge in [-0.15, -0.1) is 0 Å². The highest BCUT2D eigenvalue weighted by atomic mass is 28.3. The van der Waals surface area contributed by atoms with Crippen LogP contribution in [0.15, 0.2) is 11.0 Å². The lowest BCUT2D eigenvalue weighted by molar-refractivity contribution is 0.0839. The quantitative estimate of drug-likeness (QED) is 0.519. The van der Waals surface area contributed by atoms with Crippen molar-refractivity contribution in [2.45, 2.75) is 77.5 Å². The Kier molecular flexibility index (Phi) is 6.00. The van der Waals surface area contributed by atoms with Crippen molar-refractivity contribution in [3.8, 4) is 0 Å². The molecule has 160 valence electrons. The lowest BCUT2D eigenvalue weighted by atomic mass is 10.0. The number of aromatic nitrogens is 3. The van der Waals surface area contributed by atoms with Crippen LogP contribution in [0, 0.1) is 5.92 Å². The normalized spacial score (nSPS) is 21.2. The monoisotopic (exact) mass is 416 g/mol. The molecule has 29 heavy (non-hydrogen) atoms. The van der Waals surface area contributed by atoms with Crippen LogP contribution in [-0.2, 0) is 18.0 Å². The summed E-state index contributed by atoms with van der Waals surface area (Å²) in [7, 11) is -1.14. The van der Waals surface area contributed by atoms with Gasteiger partial charge in [0.25, 0.3) is 5.56 Å². The summed E-state index contributed by atoms with van der Waals surface area (Å²) in [6, 6.07) is 1.13.